The molecule has 0 radical (unpaired) electrons. The molecule has 3 rings (SSSR count). The lowest BCUT2D eigenvalue weighted by molar-refractivity contribution is -0.141. The summed E-state index contributed by atoms with van der Waals surface area (Å²) in [5.74, 6) is 0.0662. The molecule has 1 aliphatic rings. The molecule has 1 N–H and O–H groups in total. The minimum atomic E-state index is -3.62. The number of hydrogen-bond acceptors (Lipinski definition) is 5. The molecule has 0 aromatic heterocycles. The highest BCUT2D eigenvalue weighted by atomic mass is 35.5. The minimum Gasteiger partial charge on any atom is -0.492 e. The van der Waals surface area contributed by atoms with E-state index < -0.39 is 16.1 Å². The van der Waals surface area contributed by atoms with E-state index in [0.29, 0.717) is 23.1 Å². The number of halogens is 1. The molecule has 2 amide bonds. The fourth-order valence-corrected chi connectivity index (χ4v) is 5.78. The number of anilines is 1. The highest BCUT2D eigenvalue weighted by molar-refractivity contribution is 7.92. The molecule has 0 aliphatic heterocycles. The fourth-order valence-electron chi connectivity index (χ4n) is 4.68. The normalized spacial score (nSPS) is 14.6. The largest absolute Gasteiger partial charge is 0.492 e. The van der Waals surface area contributed by atoms with Gasteiger partial charge in [-0.3, -0.25) is 13.9 Å². The summed E-state index contributed by atoms with van der Waals surface area (Å²) in [6, 6.07) is 13.6. The summed E-state index contributed by atoms with van der Waals surface area (Å²) in [7, 11) is -3.62. The van der Waals surface area contributed by atoms with Crippen molar-refractivity contribution in [2.75, 3.05) is 23.7 Å². The summed E-state index contributed by atoms with van der Waals surface area (Å²) in [4.78, 5) is 28.1. The second-order valence-electron chi connectivity index (χ2n) is 9.65. The first-order valence-corrected chi connectivity index (χ1v) is 15.4. The summed E-state index contributed by atoms with van der Waals surface area (Å²) in [5, 5.41) is 3.68. The maximum Gasteiger partial charge on any atom is 0.242 e. The molecule has 1 atom stereocenters. The van der Waals surface area contributed by atoms with Crippen LogP contribution in [0.4, 0.5) is 5.69 Å². The van der Waals surface area contributed by atoms with Crippen LogP contribution in [0.15, 0.2) is 48.5 Å². The van der Waals surface area contributed by atoms with Gasteiger partial charge in [0.2, 0.25) is 21.8 Å². The van der Waals surface area contributed by atoms with Gasteiger partial charge in [0.1, 0.15) is 11.8 Å². The monoisotopic (exact) mass is 563 g/mol. The van der Waals surface area contributed by atoms with E-state index in [1.807, 2.05) is 19.1 Å². The van der Waals surface area contributed by atoms with Crippen molar-refractivity contribution in [2.24, 2.45) is 0 Å². The van der Waals surface area contributed by atoms with E-state index in [1.165, 1.54) is 4.31 Å². The number of hydrogen-bond donors (Lipinski definition) is 1. The number of para-hydroxylation sites is 2. The van der Waals surface area contributed by atoms with Crippen LogP contribution >= 0.6 is 11.6 Å². The Morgan fingerprint density at radius 1 is 1.11 bits per heavy atom. The molecule has 2 aromatic carbocycles. The average molecular weight is 564 g/mol. The molecule has 1 fully saturated rings. The van der Waals surface area contributed by atoms with Crippen LogP contribution in [0.1, 0.15) is 57.9 Å². The van der Waals surface area contributed by atoms with E-state index in [1.54, 1.807) is 48.2 Å². The molecule has 0 spiro atoms. The Hall–Kier alpha value is -2.78. The summed E-state index contributed by atoms with van der Waals surface area (Å²) in [6.07, 6.45) is 5.59. The summed E-state index contributed by atoms with van der Waals surface area (Å²) < 4.78 is 32.2. The van der Waals surface area contributed by atoms with Crippen molar-refractivity contribution in [1.29, 1.82) is 0 Å². The van der Waals surface area contributed by atoms with Crippen molar-refractivity contribution in [3.05, 3.63) is 59.1 Å². The van der Waals surface area contributed by atoms with Gasteiger partial charge in [-0.25, -0.2) is 8.42 Å². The van der Waals surface area contributed by atoms with Crippen LogP contribution in [-0.2, 0) is 26.2 Å². The number of rotatable bonds is 13. The third-order valence-electron chi connectivity index (χ3n) is 6.72. The van der Waals surface area contributed by atoms with Crippen LogP contribution in [0.25, 0.3) is 0 Å². The highest BCUT2D eigenvalue weighted by Gasteiger charge is 2.29. The minimum absolute atomic E-state index is 0.0808. The number of benzene rings is 2. The summed E-state index contributed by atoms with van der Waals surface area (Å²) in [5.41, 5.74) is 1.29. The van der Waals surface area contributed by atoms with Crippen LogP contribution in [0, 0.1) is 0 Å². The number of sulfonamides is 1. The predicted octanol–water partition coefficient (Wildman–Crippen LogP) is 4.76. The van der Waals surface area contributed by atoms with Crippen LogP contribution in [-0.4, -0.2) is 56.6 Å². The smallest absolute Gasteiger partial charge is 0.242 e. The molecular weight excluding hydrogens is 526 g/mol. The zero-order valence-electron chi connectivity index (χ0n) is 22.4. The number of carbonyl (C=O) groups excluding carboxylic acids is 2. The lowest BCUT2D eigenvalue weighted by Crippen LogP contribution is -2.49. The van der Waals surface area contributed by atoms with Crippen LogP contribution < -0.4 is 14.4 Å². The standard InChI is InChI=1S/C28H38ClN3O5S/c1-4-37-26-13-8-7-12-25(26)32(38(3,35)36)19-9-14-27(33)31(20-22-15-17-23(29)18-16-22)21(2)28(34)30-24-10-5-6-11-24/h7-8,12-13,15-18,21,24H,4-6,9-11,14,19-20H2,1-3H3,(H,30,34)/t21-/m1/s1. The third-order valence-corrected chi connectivity index (χ3v) is 8.15. The van der Waals surface area contributed by atoms with Crippen molar-refractivity contribution < 1.29 is 22.7 Å². The molecule has 2 aromatic rings. The van der Waals surface area contributed by atoms with Gasteiger partial charge in [-0.05, 0) is 62.9 Å². The number of nitrogens with zero attached hydrogens (tertiary/aromatic N) is 2. The van der Waals surface area contributed by atoms with Gasteiger partial charge in [0.25, 0.3) is 0 Å². The van der Waals surface area contributed by atoms with Crippen molar-refractivity contribution >= 4 is 39.1 Å². The van der Waals surface area contributed by atoms with Gasteiger partial charge in [0, 0.05) is 30.6 Å². The first-order chi connectivity index (χ1) is 18.1. The van der Waals surface area contributed by atoms with Gasteiger partial charge in [0.05, 0.1) is 18.6 Å². The van der Waals surface area contributed by atoms with Gasteiger partial charge in [-0.2, -0.15) is 0 Å². The molecule has 0 unspecified atom stereocenters. The fraction of sp³-hybridized carbons (Fsp3) is 0.500. The zero-order valence-corrected chi connectivity index (χ0v) is 23.9. The first-order valence-electron chi connectivity index (χ1n) is 13.1. The second-order valence-corrected chi connectivity index (χ2v) is 12.0. The first kappa shape index (κ1) is 29.8. The van der Waals surface area contributed by atoms with Crippen LogP contribution in [0.2, 0.25) is 5.02 Å². The topological polar surface area (TPSA) is 96.0 Å². The SMILES string of the molecule is CCOc1ccccc1N(CCCC(=O)N(Cc1ccc(Cl)cc1)[C@H](C)C(=O)NC1CCCC1)S(C)(=O)=O. The van der Waals surface area contributed by atoms with Crippen molar-refractivity contribution in [2.45, 2.75) is 71.0 Å². The molecule has 38 heavy (non-hydrogen) atoms. The lowest BCUT2D eigenvalue weighted by atomic mass is 10.1. The van der Waals surface area contributed by atoms with E-state index in [0.717, 1.165) is 37.5 Å². The van der Waals surface area contributed by atoms with Crippen molar-refractivity contribution in [1.82, 2.24) is 10.2 Å². The Labute approximate surface area is 231 Å². The van der Waals surface area contributed by atoms with Gasteiger partial charge in [-0.1, -0.05) is 48.7 Å². The Balaban J connectivity index is 1.73. The Kier molecular flexibility index (Phi) is 10.8. The maximum atomic E-state index is 13.5. The van der Waals surface area contributed by atoms with Crippen molar-refractivity contribution in [3.8, 4) is 5.75 Å². The second kappa shape index (κ2) is 13.8. The number of ether oxygens (including phenoxy) is 1. The molecular formula is C28H38ClN3O5S. The Bertz CT molecular complexity index is 1180. The molecule has 1 saturated carbocycles. The van der Waals surface area contributed by atoms with E-state index in [4.69, 9.17) is 16.3 Å². The number of amides is 2. The summed E-state index contributed by atoms with van der Waals surface area (Å²) >= 11 is 6.03. The van der Waals surface area contributed by atoms with E-state index in [-0.39, 0.29) is 43.8 Å². The van der Waals surface area contributed by atoms with E-state index >= 15 is 0 Å². The number of carbonyl (C=O) groups is 2. The van der Waals surface area contributed by atoms with Gasteiger partial charge < -0.3 is 15.0 Å². The molecule has 0 bridgehead atoms. The highest BCUT2D eigenvalue weighted by Crippen LogP contribution is 2.30. The maximum absolute atomic E-state index is 13.5. The lowest BCUT2D eigenvalue weighted by Gasteiger charge is -2.30. The molecule has 0 saturated heterocycles. The third kappa shape index (κ3) is 8.36. The van der Waals surface area contributed by atoms with Crippen LogP contribution in [0.3, 0.4) is 0 Å². The average Bonchev–Trinajstić information content (AvgIpc) is 3.39. The van der Waals surface area contributed by atoms with Gasteiger partial charge in [0.15, 0.2) is 0 Å². The molecule has 1 aliphatic carbocycles. The summed E-state index contributed by atoms with van der Waals surface area (Å²) in [6.45, 7) is 4.32. The van der Waals surface area contributed by atoms with Crippen LogP contribution in [0.5, 0.6) is 5.75 Å². The quantitative estimate of drug-likeness (QED) is 0.379. The Morgan fingerprint density at radius 2 is 1.76 bits per heavy atom. The molecule has 208 valence electrons. The Morgan fingerprint density at radius 3 is 2.39 bits per heavy atom. The van der Waals surface area contributed by atoms with Crippen molar-refractivity contribution in [3.63, 3.8) is 0 Å². The molecule has 8 nitrogen and oxygen atoms in total. The number of nitrogens with one attached hydrogen (secondary N) is 1. The van der Waals surface area contributed by atoms with E-state index in [9.17, 15) is 18.0 Å². The zero-order chi connectivity index (χ0) is 27.7. The van der Waals surface area contributed by atoms with Gasteiger partial charge in [-0.15, -0.1) is 0 Å². The molecule has 0 heterocycles. The van der Waals surface area contributed by atoms with Gasteiger partial charge >= 0.3 is 0 Å². The molecule has 10 heteroatoms. The van der Waals surface area contributed by atoms with E-state index in [2.05, 4.69) is 5.32 Å². The predicted molar refractivity (Wildman–Crippen MR) is 151 cm³/mol.